The van der Waals surface area contributed by atoms with Crippen molar-refractivity contribution in [3.05, 3.63) is 30.0 Å². The topological polar surface area (TPSA) is 77.2 Å². The van der Waals surface area contributed by atoms with Gasteiger partial charge in [0.25, 0.3) is 0 Å². The Morgan fingerprint density at radius 3 is 2.95 bits per heavy atom. The predicted octanol–water partition coefficient (Wildman–Crippen LogP) is 2.76. The number of rotatable bonds is 5. The van der Waals surface area contributed by atoms with E-state index in [0.29, 0.717) is 6.42 Å². The molecule has 0 spiro atoms. The van der Waals surface area contributed by atoms with Crippen LogP contribution in [0.15, 0.2) is 24.3 Å². The number of aliphatic hydroxyl groups is 1. The Labute approximate surface area is 118 Å². The number of nitrogens with one attached hydrogen (secondary N) is 3. The number of hydrogen-bond donors (Lipinski definition) is 4. The van der Waals surface area contributed by atoms with Crippen LogP contribution >= 0.6 is 0 Å². The van der Waals surface area contributed by atoms with E-state index in [1.165, 1.54) is 0 Å². The summed E-state index contributed by atoms with van der Waals surface area (Å²) in [6.07, 6.45) is 1.10. The molecule has 108 valence electrons. The largest absolute Gasteiger partial charge is 0.391 e. The van der Waals surface area contributed by atoms with Crippen molar-refractivity contribution in [2.24, 2.45) is 0 Å². The zero-order valence-electron chi connectivity index (χ0n) is 11.9. The number of benzene rings is 1. The first-order valence-electron chi connectivity index (χ1n) is 6.90. The van der Waals surface area contributed by atoms with E-state index < -0.39 is 6.10 Å². The number of fused-ring (bicyclic) bond motifs is 1. The lowest BCUT2D eigenvalue weighted by molar-refractivity contribution is 0.162. The molecular weight excluding hydrogens is 254 g/mol. The summed E-state index contributed by atoms with van der Waals surface area (Å²) in [6.45, 7) is 4.26. The minimum atomic E-state index is -0.486. The summed E-state index contributed by atoms with van der Waals surface area (Å²) in [5.74, 6) is 0. The molecule has 5 nitrogen and oxygen atoms in total. The number of carbonyl (C=O) groups is 1. The molecule has 1 atom stereocenters. The summed E-state index contributed by atoms with van der Waals surface area (Å²) < 4.78 is 0. The van der Waals surface area contributed by atoms with Crippen molar-refractivity contribution in [1.82, 2.24) is 10.3 Å². The van der Waals surface area contributed by atoms with Crippen LogP contribution in [-0.2, 0) is 0 Å². The van der Waals surface area contributed by atoms with E-state index in [1.807, 2.05) is 38.1 Å². The Hall–Kier alpha value is -2.01. The Morgan fingerprint density at radius 2 is 2.20 bits per heavy atom. The van der Waals surface area contributed by atoms with Gasteiger partial charge in [0.05, 0.1) is 6.10 Å². The van der Waals surface area contributed by atoms with E-state index in [1.54, 1.807) is 0 Å². The van der Waals surface area contributed by atoms with Crippen LogP contribution in [0.3, 0.4) is 0 Å². The molecule has 1 aromatic heterocycles. The molecule has 0 bridgehead atoms. The monoisotopic (exact) mass is 275 g/mol. The van der Waals surface area contributed by atoms with E-state index in [2.05, 4.69) is 15.6 Å². The number of carbonyl (C=O) groups excluding carboxylic acids is 1. The van der Waals surface area contributed by atoms with Crippen LogP contribution in [0, 0.1) is 6.92 Å². The first-order valence-corrected chi connectivity index (χ1v) is 6.90. The highest BCUT2D eigenvalue weighted by Crippen LogP contribution is 2.19. The molecule has 0 aliphatic carbocycles. The average molecular weight is 275 g/mol. The Kier molecular flexibility index (Phi) is 4.63. The summed E-state index contributed by atoms with van der Waals surface area (Å²) in [4.78, 5) is 15.0. The highest BCUT2D eigenvalue weighted by molar-refractivity contribution is 5.92. The van der Waals surface area contributed by atoms with Crippen molar-refractivity contribution in [3.8, 4) is 0 Å². The Balaban J connectivity index is 1.92. The van der Waals surface area contributed by atoms with Gasteiger partial charge in [0.15, 0.2) is 0 Å². The summed E-state index contributed by atoms with van der Waals surface area (Å²) in [5.41, 5.74) is 2.87. The molecule has 0 saturated carbocycles. The van der Waals surface area contributed by atoms with Crippen molar-refractivity contribution in [1.29, 1.82) is 0 Å². The minimum Gasteiger partial charge on any atom is -0.391 e. The van der Waals surface area contributed by atoms with E-state index in [0.717, 1.165) is 28.7 Å². The molecule has 1 unspecified atom stereocenters. The molecule has 0 radical (unpaired) electrons. The van der Waals surface area contributed by atoms with Crippen LogP contribution < -0.4 is 10.6 Å². The lowest BCUT2D eigenvalue weighted by Crippen LogP contribution is -2.35. The first kappa shape index (κ1) is 14.4. The van der Waals surface area contributed by atoms with Gasteiger partial charge in [-0.25, -0.2) is 4.79 Å². The van der Waals surface area contributed by atoms with Gasteiger partial charge in [-0.05, 0) is 37.6 Å². The predicted molar refractivity (Wildman–Crippen MR) is 81.0 cm³/mol. The molecule has 1 heterocycles. The number of aromatic nitrogens is 1. The van der Waals surface area contributed by atoms with E-state index in [4.69, 9.17) is 0 Å². The molecule has 0 aliphatic rings. The van der Waals surface area contributed by atoms with Gasteiger partial charge in [-0.2, -0.15) is 0 Å². The Morgan fingerprint density at radius 1 is 1.40 bits per heavy atom. The number of aliphatic hydroxyl groups excluding tert-OH is 1. The molecule has 1 aromatic carbocycles. The van der Waals surface area contributed by atoms with Crippen LogP contribution in [0.25, 0.3) is 10.9 Å². The maximum absolute atomic E-state index is 11.7. The highest BCUT2D eigenvalue weighted by atomic mass is 16.3. The molecule has 2 amide bonds. The quantitative estimate of drug-likeness (QED) is 0.677. The fraction of sp³-hybridized carbons (Fsp3) is 0.400. The number of hydrogen-bond acceptors (Lipinski definition) is 2. The number of aryl methyl sites for hydroxylation is 1. The maximum atomic E-state index is 11.7. The normalized spacial score (nSPS) is 12.3. The molecular formula is C15H21N3O2. The van der Waals surface area contributed by atoms with E-state index in [9.17, 15) is 9.90 Å². The molecule has 4 N–H and O–H groups in total. The smallest absolute Gasteiger partial charge is 0.319 e. The van der Waals surface area contributed by atoms with Crippen molar-refractivity contribution >= 4 is 22.6 Å². The zero-order chi connectivity index (χ0) is 14.5. The van der Waals surface area contributed by atoms with Crippen LogP contribution in [0.2, 0.25) is 0 Å². The molecule has 2 rings (SSSR count). The van der Waals surface area contributed by atoms with E-state index in [-0.39, 0.29) is 12.6 Å². The number of H-pyrrole nitrogens is 1. The first-order chi connectivity index (χ1) is 9.58. The summed E-state index contributed by atoms with van der Waals surface area (Å²) in [7, 11) is 0. The third-order valence-corrected chi connectivity index (χ3v) is 3.13. The lowest BCUT2D eigenvalue weighted by atomic mass is 10.2. The van der Waals surface area contributed by atoms with Crippen LogP contribution in [-0.4, -0.2) is 28.8 Å². The number of amides is 2. The molecule has 20 heavy (non-hydrogen) atoms. The summed E-state index contributed by atoms with van der Waals surface area (Å²) >= 11 is 0. The second kappa shape index (κ2) is 6.43. The van der Waals surface area contributed by atoms with Crippen LogP contribution in [0.4, 0.5) is 10.5 Å². The van der Waals surface area contributed by atoms with Gasteiger partial charge in [-0.1, -0.05) is 13.3 Å². The number of aromatic amines is 1. The third kappa shape index (κ3) is 3.74. The van der Waals surface area contributed by atoms with Crippen molar-refractivity contribution in [2.45, 2.75) is 32.8 Å². The van der Waals surface area contributed by atoms with Crippen molar-refractivity contribution < 1.29 is 9.90 Å². The fourth-order valence-corrected chi connectivity index (χ4v) is 2.18. The third-order valence-electron chi connectivity index (χ3n) is 3.13. The van der Waals surface area contributed by atoms with Crippen LogP contribution in [0.5, 0.6) is 0 Å². The Bertz CT molecular complexity index is 592. The highest BCUT2D eigenvalue weighted by Gasteiger charge is 2.07. The summed E-state index contributed by atoms with van der Waals surface area (Å²) in [6, 6.07) is 7.43. The van der Waals surface area contributed by atoms with Gasteiger partial charge >= 0.3 is 6.03 Å². The van der Waals surface area contributed by atoms with Gasteiger partial charge in [-0.3, -0.25) is 0 Å². The maximum Gasteiger partial charge on any atom is 0.319 e. The molecule has 0 saturated heterocycles. The van der Waals surface area contributed by atoms with Gasteiger partial charge in [0, 0.05) is 28.8 Å². The zero-order valence-corrected chi connectivity index (χ0v) is 11.9. The fourth-order valence-electron chi connectivity index (χ4n) is 2.18. The van der Waals surface area contributed by atoms with Gasteiger partial charge in [0.1, 0.15) is 0 Å². The number of anilines is 1. The number of urea groups is 1. The molecule has 2 aromatic rings. The minimum absolute atomic E-state index is 0.269. The van der Waals surface area contributed by atoms with Gasteiger partial charge in [-0.15, -0.1) is 0 Å². The van der Waals surface area contributed by atoms with E-state index >= 15 is 0 Å². The van der Waals surface area contributed by atoms with Crippen molar-refractivity contribution in [3.63, 3.8) is 0 Å². The standard InChI is InChI=1S/C15H21N3O2/c1-3-4-13(19)9-16-15(20)18-12-5-6-14-11(8-12)7-10(2)17-14/h5-8,13,17,19H,3-4,9H2,1-2H3,(H2,16,18,20). The lowest BCUT2D eigenvalue weighted by Gasteiger charge is -2.11. The second-order valence-corrected chi connectivity index (χ2v) is 5.03. The second-order valence-electron chi connectivity index (χ2n) is 5.03. The average Bonchev–Trinajstić information content (AvgIpc) is 2.76. The SMILES string of the molecule is CCCC(O)CNC(=O)Nc1ccc2[nH]c(C)cc2c1. The molecule has 5 heteroatoms. The van der Waals surface area contributed by atoms with Gasteiger partial charge < -0.3 is 20.7 Å². The van der Waals surface area contributed by atoms with Crippen molar-refractivity contribution in [2.75, 3.05) is 11.9 Å². The summed E-state index contributed by atoms with van der Waals surface area (Å²) in [5, 5.41) is 16.0. The molecule has 0 fully saturated rings. The van der Waals surface area contributed by atoms with Gasteiger partial charge in [0.2, 0.25) is 0 Å². The van der Waals surface area contributed by atoms with Crippen LogP contribution in [0.1, 0.15) is 25.5 Å². The molecule has 0 aliphatic heterocycles.